The highest BCUT2D eigenvalue weighted by Crippen LogP contribution is 2.38. The lowest BCUT2D eigenvalue weighted by atomic mass is 9.80. The SMILES string of the molecule is CC1(C#N)CCN(C(=O)C2CCC(F)(F)CC2)CC1. The third-order valence-electron chi connectivity index (χ3n) is 4.51. The lowest BCUT2D eigenvalue weighted by Crippen LogP contribution is -2.45. The number of hydrogen-bond donors (Lipinski definition) is 0. The molecule has 1 heterocycles. The first-order chi connectivity index (χ1) is 8.85. The van der Waals surface area contributed by atoms with E-state index >= 15 is 0 Å². The normalized spacial score (nSPS) is 26.7. The second-order valence-electron chi connectivity index (χ2n) is 6.13. The minimum Gasteiger partial charge on any atom is -0.342 e. The number of nitriles is 1. The minimum atomic E-state index is -2.59. The summed E-state index contributed by atoms with van der Waals surface area (Å²) in [5.41, 5.74) is -0.337. The Kier molecular flexibility index (Phi) is 3.80. The number of hydrogen-bond acceptors (Lipinski definition) is 2. The number of halogens is 2. The Labute approximate surface area is 112 Å². The van der Waals surface area contributed by atoms with Crippen molar-refractivity contribution in [3.05, 3.63) is 0 Å². The molecule has 0 spiro atoms. The van der Waals surface area contributed by atoms with Crippen LogP contribution in [-0.2, 0) is 4.79 Å². The van der Waals surface area contributed by atoms with E-state index < -0.39 is 5.92 Å². The largest absolute Gasteiger partial charge is 0.342 e. The molecule has 1 aliphatic carbocycles. The zero-order chi connectivity index (χ0) is 14.1. The molecule has 0 unspecified atom stereocenters. The van der Waals surface area contributed by atoms with Crippen molar-refractivity contribution in [3.8, 4) is 6.07 Å². The van der Waals surface area contributed by atoms with Gasteiger partial charge in [-0.05, 0) is 32.6 Å². The van der Waals surface area contributed by atoms with E-state index in [0.29, 0.717) is 25.9 Å². The van der Waals surface area contributed by atoms with Gasteiger partial charge in [-0.25, -0.2) is 8.78 Å². The van der Waals surface area contributed by atoms with Crippen LogP contribution in [0.1, 0.15) is 45.4 Å². The summed E-state index contributed by atoms with van der Waals surface area (Å²) >= 11 is 0. The number of carbonyl (C=O) groups is 1. The lowest BCUT2D eigenvalue weighted by molar-refractivity contribution is -0.141. The molecule has 0 aromatic carbocycles. The Morgan fingerprint density at radius 1 is 1.21 bits per heavy atom. The molecule has 2 rings (SSSR count). The molecular formula is C14H20F2N2O. The average Bonchev–Trinajstić information content (AvgIpc) is 2.39. The third-order valence-corrected chi connectivity index (χ3v) is 4.51. The van der Waals surface area contributed by atoms with E-state index in [0.717, 1.165) is 0 Å². The van der Waals surface area contributed by atoms with Crippen LogP contribution in [0, 0.1) is 22.7 Å². The highest BCUT2D eigenvalue weighted by Gasteiger charge is 2.40. The summed E-state index contributed by atoms with van der Waals surface area (Å²) < 4.78 is 26.1. The molecule has 0 atom stereocenters. The summed E-state index contributed by atoms with van der Waals surface area (Å²) in [5.74, 6) is -2.82. The second-order valence-corrected chi connectivity index (χ2v) is 6.13. The van der Waals surface area contributed by atoms with Crippen molar-refractivity contribution in [2.75, 3.05) is 13.1 Å². The molecule has 106 valence electrons. The molecule has 0 aromatic rings. The zero-order valence-electron chi connectivity index (χ0n) is 11.3. The predicted molar refractivity (Wildman–Crippen MR) is 66.4 cm³/mol. The number of nitrogens with zero attached hydrogens (tertiary/aromatic N) is 2. The van der Waals surface area contributed by atoms with Crippen LogP contribution in [0.2, 0.25) is 0 Å². The van der Waals surface area contributed by atoms with Gasteiger partial charge in [0.25, 0.3) is 0 Å². The molecule has 19 heavy (non-hydrogen) atoms. The summed E-state index contributed by atoms with van der Waals surface area (Å²) in [5, 5.41) is 9.04. The van der Waals surface area contributed by atoms with Crippen molar-refractivity contribution in [1.29, 1.82) is 5.26 Å². The van der Waals surface area contributed by atoms with Crippen molar-refractivity contribution < 1.29 is 13.6 Å². The van der Waals surface area contributed by atoms with Gasteiger partial charge >= 0.3 is 0 Å². The van der Waals surface area contributed by atoms with Crippen molar-refractivity contribution in [1.82, 2.24) is 4.90 Å². The van der Waals surface area contributed by atoms with Gasteiger partial charge in [0.2, 0.25) is 11.8 Å². The number of likely N-dealkylation sites (tertiary alicyclic amines) is 1. The molecule has 1 saturated carbocycles. The number of carbonyl (C=O) groups excluding carboxylic acids is 1. The van der Waals surface area contributed by atoms with Crippen LogP contribution < -0.4 is 0 Å². The Morgan fingerprint density at radius 3 is 2.21 bits per heavy atom. The molecule has 0 N–H and O–H groups in total. The first-order valence-corrected chi connectivity index (χ1v) is 6.93. The van der Waals surface area contributed by atoms with Gasteiger partial charge in [-0.3, -0.25) is 4.79 Å². The molecule has 0 bridgehead atoms. The van der Waals surface area contributed by atoms with Crippen molar-refractivity contribution >= 4 is 5.91 Å². The smallest absolute Gasteiger partial charge is 0.248 e. The third kappa shape index (κ3) is 3.23. The van der Waals surface area contributed by atoms with Crippen molar-refractivity contribution in [2.45, 2.75) is 51.4 Å². The maximum Gasteiger partial charge on any atom is 0.248 e. The number of amides is 1. The fraction of sp³-hybridized carbons (Fsp3) is 0.857. The van der Waals surface area contributed by atoms with E-state index in [1.54, 1.807) is 4.90 Å². The molecule has 3 nitrogen and oxygen atoms in total. The summed E-state index contributed by atoms with van der Waals surface area (Å²) in [6.45, 7) is 3.07. The van der Waals surface area contributed by atoms with E-state index in [1.807, 2.05) is 6.92 Å². The average molecular weight is 270 g/mol. The number of alkyl halides is 2. The van der Waals surface area contributed by atoms with E-state index in [2.05, 4.69) is 6.07 Å². The van der Waals surface area contributed by atoms with E-state index in [9.17, 15) is 13.6 Å². The first kappa shape index (κ1) is 14.2. The Balaban J connectivity index is 1.87. The van der Waals surface area contributed by atoms with E-state index in [4.69, 9.17) is 5.26 Å². The minimum absolute atomic E-state index is 0.00971. The number of piperidine rings is 1. The Morgan fingerprint density at radius 2 is 1.74 bits per heavy atom. The lowest BCUT2D eigenvalue weighted by Gasteiger charge is -2.38. The van der Waals surface area contributed by atoms with Gasteiger partial charge in [-0.1, -0.05) is 0 Å². The highest BCUT2D eigenvalue weighted by atomic mass is 19.3. The van der Waals surface area contributed by atoms with Crippen LogP contribution in [0.15, 0.2) is 0 Å². The predicted octanol–water partition coefficient (Wildman–Crippen LogP) is 2.96. The summed E-state index contributed by atoms with van der Waals surface area (Å²) in [6.07, 6.45) is 1.59. The van der Waals surface area contributed by atoms with E-state index in [1.165, 1.54) is 0 Å². The fourth-order valence-corrected chi connectivity index (χ4v) is 2.88. The zero-order valence-corrected chi connectivity index (χ0v) is 11.3. The molecule has 5 heteroatoms. The van der Waals surface area contributed by atoms with Gasteiger partial charge in [0.1, 0.15) is 0 Å². The molecule has 1 amide bonds. The van der Waals surface area contributed by atoms with Crippen LogP contribution in [0.3, 0.4) is 0 Å². The van der Waals surface area contributed by atoms with Gasteiger partial charge < -0.3 is 4.90 Å². The molecule has 0 aromatic heterocycles. The standard InChI is InChI=1S/C14H20F2N2O/c1-13(10-17)6-8-18(9-7-13)12(19)11-2-4-14(15,16)5-3-11/h11H,2-9H2,1H3. The van der Waals surface area contributed by atoms with Crippen LogP contribution in [0.5, 0.6) is 0 Å². The topological polar surface area (TPSA) is 44.1 Å². The van der Waals surface area contributed by atoms with Gasteiger partial charge in [0, 0.05) is 31.8 Å². The summed E-state index contributed by atoms with van der Waals surface area (Å²) in [4.78, 5) is 14.0. The highest BCUT2D eigenvalue weighted by molar-refractivity contribution is 5.79. The van der Waals surface area contributed by atoms with Gasteiger partial charge in [-0.15, -0.1) is 0 Å². The van der Waals surface area contributed by atoms with Crippen LogP contribution in [-0.4, -0.2) is 29.8 Å². The summed E-state index contributed by atoms with van der Waals surface area (Å²) in [6, 6.07) is 2.29. The maximum absolute atomic E-state index is 13.1. The van der Waals surface area contributed by atoms with Crippen LogP contribution >= 0.6 is 0 Å². The Hall–Kier alpha value is -1.18. The molecule has 1 aliphatic heterocycles. The van der Waals surface area contributed by atoms with Gasteiger partial charge in [0.05, 0.1) is 11.5 Å². The second kappa shape index (κ2) is 5.07. The number of rotatable bonds is 1. The summed E-state index contributed by atoms with van der Waals surface area (Å²) in [7, 11) is 0. The fourth-order valence-electron chi connectivity index (χ4n) is 2.88. The molecule has 1 saturated heterocycles. The van der Waals surface area contributed by atoms with Crippen molar-refractivity contribution in [3.63, 3.8) is 0 Å². The molecule has 0 radical (unpaired) electrons. The first-order valence-electron chi connectivity index (χ1n) is 6.93. The van der Waals surface area contributed by atoms with Crippen LogP contribution in [0.25, 0.3) is 0 Å². The Bertz CT molecular complexity index is 385. The molecule has 2 fully saturated rings. The van der Waals surface area contributed by atoms with Crippen LogP contribution in [0.4, 0.5) is 8.78 Å². The van der Waals surface area contributed by atoms with Gasteiger partial charge in [0.15, 0.2) is 0 Å². The quantitative estimate of drug-likeness (QED) is 0.735. The van der Waals surface area contributed by atoms with Crippen molar-refractivity contribution in [2.24, 2.45) is 11.3 Å². The maximum atomic E-state index is 13.1. The molecule has 2 aliphatic rings. The monoisotopic (exact) mass is 270 g/mol. The van der Waals surface area contributed by atoms with Gasteiger partial charge in [-0.2, -0.15) is 5.26 Å². The molecular weight excluding hydrogens is 250 g/mol. The van der Waals surface area contributed by atoms with E-state index in [-0.39, 0.29) is 42.9 Å².